The summed E-state index contributed by atoms with van der Waals surface area (Å²) >= 11 is 0. The zero-order valence-corrected chi connectivity index (χ0v) is 16.0. The van der Waals surface area contributed by atoms with Crippen LogP contribution in [0.25, 0.3) is 0 Å². The minimum absolute atomic E-state index is 0.256. The molecule has 0 spiro atoms. The van der Waals surface area contributed by atoms with Crippen molar-refractivity contribution in [1.29, 1.82) is 0 Å². The quantitative estimate of drug-likeness (QED) is 0.857. The Morgan fingerprint density at radius 1 is 1.16 bits per heavy atom. The van der Waals surface area contributed by atoms with Gasteiger partial charge in [0, 0.05) is 25.7 Å². The molecule has 3 rings (SSSR count). The molecule has 2 atom stereocenters. The molecule has 1 aromatic rings. The fourth-order valence-electron chi connectivity index (χ4n) is 4.11. The zero-order chi connectivity index (χ0) is 17.8. The maximum Gasteiger partial charge on any atom is 0.129 e. The molecule has 1 aromatic heterocycles. The van der Waals surface area contributed by atoms with Crippen molar-refractivity contribution in [2.75, 3.05) is 29.9 Å². The summed E-state index contributed by atoms with van der Waals surface area (Å²) in [6.07, 6.45) is 6.27. The first-order valence-electron chi connectivity index (χ1n) is 9.95. The Morgan fingerprint density at radius 2 is 1.84 bits per heavy atom. The second-order valence-electron chi connectivity index (χ2n) is 7.84. The van der Waals surface area contributed by atoms with Gasteiger partial charge in [0.05, 0.1) is 23.6 Å². The number of anilines is 2. The third-order valence-electron chi connectivity index (χ3n) is 5.51. The van der Waals surface area contributed by atoms with Crippen molar-refractivity contribution in [2.24, 2.45) is 11.7 Å². The van der Waals surface area contributed by atoms with Crippen molar-refractivity contribution in [1.82, 2.24) is 4.98 Å². The highest BCUT2D eigenvalue weighted by atomic mass is 16.5. The van der Waals surface area contributed by atoms with Gasteiger partial charge >= 0.3 is 0 Å². The van der Waals surface area contributed by atoms with Crippen LogP contribution in [0.5, 0.6) is 0 Å². The molecule has 5 heteroatoms. The van der Waals surface area contributed by atoms with E-state index in [0.29, 0.717) is 6.04 Å². The number of nitrogens with one attached hydrogen (secondary N) is 1. The first kappa shape index (κ1) is 18.5. The lowest BCUT2D eigenvalue weighted by atomic mass is 9.86. The highest BCUT2D eigenvalue weighted by Crippen LogP contribution is 2.26. The average molecular weight is 347 g/mol. The Kier molecular flexibility index (Phi) is 6.18. The molecule has 1 saturated carbocycles. The molecular weight excluding hydrogens is 312 g/mol. The van der Waals surface area contributed by atoms with Crippen molar-refractivity contribution in [3.63, 3.8) is 0 Å². The van der Waals surface area contributed by atoms with E-state index in [1.54, 1.807) is 0 Å². The first-order chi connectivity index (χ1) is 12.0. The highest BCUT2D eigenvalue weighted by Gasteiger charge is 2.24. The van der Waals surface area contributed by atoms with E-state index in [2.05, 4.69) is 43.1 Å². The average Bonchev–Trinajstić information content (AvgIpc) is 2.60. The molecule has 2 aliphatic rings. The van der Waals surface area contributed by atoms with E-state index in [0.717, 1.165) is 56.3 Å². The summed E-state index contributed by atoms with van der Waals surface area (Å²) in [5.41, 5.74) is 8.37. The van der Waals surface area contributed by atoms with Crippen LogP contribution in [-0.4, -0.2) is 42.9 Å². The van der Waals surface area contributed by atoms with Crippen LogP contribution in [0.1, 0.15) is 52.1 Å². The number of pyridine rings is 1. The Morgan fingerprint density at radius 3 is 2.48 bits per heavy atom. The lowest BCUT2D eigenvalue weighted by Crippen LogP contribution is -2.45. The molecule has 0 bridgehead atoms. The lowest BCUT2D eigenvalue weighted by Gasteiger charge is -2.36. The molecular formula is C20H34N4O. The zero-order valence-electron chi connectivity index (χ0n) is 16.0. The van der Waals surface area contributed by atoms with Gasteiger partial charge in [-0.3, -0.25) is 0 Å². The van der Waals surface area contributed by atoms with Crippen molar-refractivity contribution in [2.45, 2.75) is 71.1 Å². The number of rotatable bonds is 5. The molecule has 1 aliphatic carbocycles. The molecule has 1 saturated heterocycles. The van der Waals surface area contributed by atoms with E-state index in [1.165, 1.54) is 18.5 Å². The van der Waals surface area contributed by atoms with Crippen LogP contribution in [0, 0.1) is 5.92 Å². The molecule has 1 aliphatic heterocycles. The maximum atomic E-state index is 6.01. The number of nitrogens with two attached hydrogens (primary N) is 1. The van der Waals surface area contributed by atoms with E-state index >= 15 is 0 Å². The van der Waals surface area contributed by atoms with E-state index in [-0.39, 0.29) is 12.2 Å². The lowest BCUT2D eigenvalue weighted by molar-refractivity contribution is -0.00546. The highest BCUT2D eigenvalue weighted by molar-refractivity contribution is 5.54. The van der Waals surface area contributed by atoms with Crippen molar-refractivity contribution in [3.05, 3.63) is 17.8 Å². The number of hydrogen-bond donors (Lipinski definition) is 2. The summed E-state index contributed by atoms with van der Waals surface area (Å²) < 4.78 is 5.84. The number of hydrogen-bond acceptors (Lipinski definition) is 5. The number of ether oxygens (including phenoxy) is 1. The Balaban J connectivity index is 1.63. The number of aryl methyl sites for hydroxylation is 1. The smallest absolute Gasteiger partial charge is 0.129 e. The fourth-order valence-corrected chi connectivity index (χ4v) is 4.11. The third-order valence-corrected chi connectivity index (χ3v) is 5.51. The minimum Gasteiger partial charge on any atom is -0.383 e. The number of nitrogens with zero attached hydrogens (tertiary/aromatic N) is 2. The molecule has 0 unspecified atom stereocenters. The van der Waals surface area contributed by atoms with E-state index in [9.17, 15) is 0 Å². The molecule has 0 radical (unpaired) electrons. The largest absolute Gasteiger partial charge is 0.383 e. The molecule has 140 valence electrons. The van der Waals surface area contributed by atoms with Gasteiger partial charge < -0.3 is 20.7 Å². The summed E-state index contributed by atoms with van der Waals surface area (Å²) in [7, 11) is 0. The van der Waals surface area contributed by atoms with Crippen LogP contribution in [0.3, 0.4) is 0 Å². The van der Waals surface area contributed by atoms with Crippen molar-refractivity contribution >= 4 is 11.5 Å². The minimum atomic E-state index is 0.256. The predicted molar refractivity (Wildman–Crippen MR) is 104 cm³/mol. The summed E-state index contributed by atoms with van der Waals surface area (Å²) in [6, 6.07) is 4.78. The van der Waals surface area contributed by atoms with Crippen molar-refractivity contribution in [3.8, 4) is 0 Å². The van der Waals surface area contributed by atoms with Crippen molar-refractivity contribution < 1.29 is 4.74 Å². The second-order valence-corrected chi connectivity index (χ2v) is 7.84. The molecule has 2 heterocycles. The predicted octanol–water partition coefficient (Wildman–Crippen LogP) is 3.19. The maximum absolute atomic E-state index is 6.01. The number of aromatic nitrogens is 1. The van der Waals surface area contributed by atoms with E-state index < -0.39 is 0 Å². The van der Waals surface area contributed by atoms with Crippen LogP contribution in [0.15, 0.2) is 12.1 Å². The Bertz CT molecular complexity index is 547. The summed E-state index contributed by atoms with van der Waals surface area (Å²) in [6.45, 7) is 9.31. The first-order valence-corrected chi connectivity index (χ1v) is 9.95. The summed E-state index contributed by atoms with van der Waals surface area (Å²) in [5, 5.41) is 3.65. The SMILES string of the molecule is CCc1nc(N2C[C@@H](C)O[C@@H](C)C2)ccc1NC[C@H]1CC[C@H](N)CC1. The van der Waals surface area contributed by atoms with E-state index in [1.807, 2.05) is 0 Å². The van der Waals surface area contributed by atoms with Gasteiger partial charge in [0.2, 0.25) is 0 Å². The van der Waals surface area contributed by atoms with Gasteiger partial charge in [-0.1, -0.05) is 6.92 Å². The molecule has 25 heavy (non-hydrogen) atoms. The fraction of sp³-hybridized carbons (Fsp3) is 0.750. The van der Waals surface area contributed by atoms with Gasteiger partial charge in [-0.05, 0) is 64.0 Å². The molecule has 0 amide bonds. The van der Waals surface area contributed by atoms with Crippen LogP contribution >= 0.6 is 0 Å². The molecule has 0 aromatic carbocycles. The van der Waals surface area contributed by atoms with Gasteiger partial charge in [0.25, 0.3) is 0 Å². The Hall–Kier alpha value is -1.33. The molecule has 2 fully saturated rings. The van der Waals surface area contributed by atoms with Crippen LogP contribution in [0.4, 0.5) is 11.5 Å². The van der Waals surface area contributed by atoms with Gasteiger partial charge in [0.1, 0.15) is 5.82 Å². The topological polar surface area (TPSA) is 63.4 Å². The van der Waals surface area contributed by atoms with Gasteiger partial charge in [-0.15, -0.1) is 0 Å². The monoisotopic (exact) mass is 346 g/mol. The summed E-state index contributed by atoms with van der Waals surface area (Å²) in [5.74, 6) is 1.82. The Labute approximate surface area is 152 Å². The van der Waals surface area contributed by atoms with Gasteiger partial charge in [-0.25, -0.2) is 4.98 Å². The van der Waals surface area contributed by atoms with Crippen LogP contribution in [-0.2, 0) is 11.2 Å². The van der Waals surface area contributed by atoms with E-state index in [4.69, 9.17) is 15.5 Å². The standard InChI is InChI=1S/C20H34N4O/c1-4-18-19(22-11-16-5-7-17(21)8-6-16)9-10-20(23-18)24-12-14(2)25-15(3)13-24/h9-10,14-17,22H,4-8,11-13,21H2,1-3H3/t14-,15+,16-,17-. The van der Waals surface area contributed by atoms with Crippen LogP contribution < -0.4 is 16.0 Å². The normalized spacial score (nSPS) is 30.3. The second kappa shape index (κ2) is 8.37. The third kappa shape index (κ3) is 4.85. The number of morpholine rings is 1. The van der Waals surface area contributed by atoms with Gasteiger partial charge in [0.15, 0.2) is 0 Å². The molecule has 3 N–H and O–H groups in total. The summed E-state index contributed by atoms with van der Waals surface area (Å²) in [4.78, 5) is 7.30. The van der Waals surface area contributed by atoms with Crippen LogP contribution in [0.2, 0.25) is 0 Å². The van der Waals surface area contributed by atoms with Gasteiger partial charge in [-0.2, -0.15) is 0 Å². The molecule has 5 nitrogen and oxygen atoms in total.